The van der Waals surface area contributed by atoms with E-state index in [4.69, 9.17) is 4.52 Å². The van der Waals surface area contributed by atoms with Crippen molar-refractivity contribution in [1.82, 2.24) is 14.4 Å². The first-order valence-electron chi connectivity index (χ1n) is 6.74. The summed E-state index contributed by atoms with van der Waals surface area (Å²) in [5.74, 6) is 1.86. The molecule has 0 aliphatic rings. The van der Waals surface area contributed by atoms with Crippen LogP contribution >= 0.6 is 11.8 Å². The zero-order valence-electron chi connectivity index (χ0n) is 13.0. The molecule has 0 aliphatic heterocycles. The maximum Gasteiger partial charge on any atom is 0.242 e. The van der Waals surface area contributed by atoms with Crippen molar-refractivity contribution in [1.29, 1.82) is 0 Å². The second kappa shape index (κ2) is 6.80. The molecule has 0 bridgehead atoms. The number of hydrogen-bond acceptors (Lipinski definition) is 6. The zero-order chi connectivity index (χ0) is 16.3. The second-order valence-corrected chi connectivity index (χ2v) is 8.55. The monoisotopic (exact) mass is 341 g/mol. The summed E-state index contributed by atoms with van der Waals surface area (Å²) in [6, 6.07) is 6.98. The molecule has 0 N–H and O–H groups in total. The molecule has 6 nitrogen and oxygen atoms in total. The van der Waals surface area contributed by atoms with Crippen LogP contribution in [-0.4, -0.2) is 37.0 Å². The van der Waals surface area contributed by atoms with Crippen LogP contribution in [0.3, 0.4) is 0 Å². The van der Waals surface area contributed by atoms with E-state index < -0.39 is 10.0 Å². The summed E-state index contributed by atoms with van der Waals surface area (Å²) in [5, 5.41) is 3.83. The largest absolute Gasteiger partial charge is 0.338 e. The van der Waals surface area contributed by atoms with Crippen LogP contribution in [0.15, 0.2) is 33.7 Å². The van der Waals surface area contributed by atoms with Crippen LogP contribution in [0.25, 0.3) is 0 Å². The van der Waals surface area contributed by atoms with Crippen molar-refractivity contribution in [3.63, 3.8) is 0 Å². The molecule has 2 rings (SSSR count). The molecule has 0 spiro atoms. The summed E-state index contributed by atoms with van der Waals surface area (Å²) in [6.45, 7) is 3.76. The Morgan fingerprint density at radius 3 is 2.68 bits per heavy atom. The van der Waals surface area contributed by atoms with Gasteiger partial charge >= 0.3 is 0 Å². The minimum atomic E-state index is -3.40. The van der Waals surface area contributed by atoms with E-state index in [1.54, 1.807) is 36.9 Å². The van der Waals surface area contributed by atoms with Crippen molar-refractivity contribution in [2.45, 2.75) is 29.7 Å². The highest BCUT2D eigenvalue weighted by Crippen LogP contribution is 2.30. The molecule has 0 fully saturated rings. The van der Waals surface area contributed by atoms with Crippen molar-refractivity contribution in [2.75, 3.05) is 14.1 Å². The highest BCUT2D eigenvalue weighted by molar-refractivity contribution is 7.98. The summed E-state index contributed by atoms with van der Waals surface area (Å²) in [5.41, 5.74) is 0.941. The van der Waals surface area contributed by atoms with Crippen LogP contribution in [0.5, 0.6) is 0 Å². The van der Waals surface area contributed by atoms with Crippen LogP contribution in [-0.2, 0) is 15.8 Å². The van der Waals surface area contributed by atoms with Crippen LogP contribution < -0.4 is 0 Å². The average molecular weight is 341 g/mol. The number of aromatic nitrogens is 2. The predicted octanol–water partition coefficient (Wildman–Crippen LogP) is 2.62. The molecule has 2 aromatic rings. The normalized spacial score (nSPS) is 13.5. The third-order valence-corrected chi connectivity index (χ3v) is 6.08. The van der Waals surface area contributed by atoms with Crippen molar-refractivity contribution < 1.29 is 12.9 Å². The lowest BCUT2D eigenvalue weighted by Crippen LogP contribution is -2.22. The Balaban J connectivity index is 2.08. The molecule has 1 aromatic heterocycles. The number of nitrogens with zero attached hydrogens (tertiary/aromatic N) is 3. The Morgan fingerprint density at radius 1 is 1.36 bits per heavy atom. The van der Waals surface area contributed by atoms with Gasteiger partial charge in [0.1, 0.15) is 0 Å². The maximum absolute atomic E-state index is 12.1. The Bertz CT molecular complexity index is 741. The molecular weight excluding hydrogens is 322 g/mol. The average Bonchev–Trinajstić information content (AvgIpc) is 2.91. The van der Waals surface area contributed by atoms with Crippen molar-refractivity contribution in [2.24, 2.45) is 0 Å². The van der Waals surface area contributed by atoms with Crippen molar-refractivity contribution >= 4 is 21.8 Å². The predicted molar refractivity (Wildman–Crippen MR) is 86.1 cm³/mol. The molecule has 0 radical (unpaired) electrons. The van der Waals surface area contributed by atoms with Gasteiger partial charge in [0.15, 0.2) is 5.82 Å². The van der Waals surface area contributed by atoms with Gasteiger partial charge in [-0.15, -0.1) is 11.8 Å². The van der Waals surface area contributed by atoms with Gasteiger partial charge in [0, 0.05) is 19.8 Å². The van der Waals surface area contributed by atoms with Gasteiger partial charge in [-0.3, -0.25) is 0 Å². The highest BCUT2D eigenvalue weighted by Gasteiger charge is 2.18. The Kier molecular flexibility index (Phi) is 5.25. The lowest BCUT2D eigenvalue weighted by atomic mass is 10.2. The number of sulfonamides is 1. The van der Waals surface area contributed by atoms with E-state index in [-0.39, 0.29) is 5.25 Å². The lowest BCUT2D eigenvalue weighted by Gasteiger charge is -2.12. The molecule has 1 aromatic carbocycles. The van der Waals surface area contributed by atoms with Gasteiger partial charge in [0.05, 0.1) is 10.1 Å². The highest BCUT2D eigenvalue weighted by atomic mass is 32.2. The van der Waals surface area contributed by atoms with E-state index in [2.05, 4.69) is 10.1 Å². The van der Waals surface area contributed by atoms with E-state index in [0.29, 0.717) is 22.4 Å². The third-order valence-electron chi connectivity index (χ3n) is 3.07. The fraction of sp³-hybridized carbons (Fsp3) is 0.429. The van der Waals surface area contributed by atoms with E-state index in [1.807, 2.05) is 13.0 Å². The number of thioether (sulfide) groups is 1. The quantitative estimate of drug-likeness (QED) is 0.804. The Morgan fingerprint density at radius 2 is 2.09 bits per heavy atom. The van der Waals surface area contributed by atoms with Gasteiger partial charge in [-0.05, 0) is 31.5 Å². The van der Waals surface area contributed by atoms with Gasteiger partial charge < -0.3 is 4.52 Å². The summed E-state index contributed by atoms with van der Waals surface area (Å²) in [7, 11) is -0.354. The zero-order valence-corrected chi connectivity index (χ0v) is 14.6. The van der Waals surface area contributed by atoms with E-state index in [0.717, 1.165) is 5.56 Å². The minimum Gasteiger partial charge on any atom is -0.338 e. The molecule has 120 valence electrons. The molecular formula is C14H19N3O3S2. The summed E-state index contributed by atoms with van der Waals surface area (Å²) in [6.07, 6.45) is 0. The Labute approximate surface area is 135 Å². The first-order valence-corrected chi connectivity index (χ1v) is 9.23. The number of rotatable bonds is 6. The molecule has 22 heavy (non-hydrogen) atoms. The number of aryl methyl sites for hydroxylation is 1. The standard InChI is InChI=1S/C14H19N3O3S2/c1-10(14-15-11(2)16-20-14)21-9-12-6-5-7-13(8-12)22(18,19)17(3)4/h5-8,10H,9H2,1-4H3/t10-/m1/s1. The van der Waals surface area contributed by atoms with Gasteiger partial charge in [-0.2, -0.15) is 4.98 Å². The van der Waals surface area contributed by atoms with E-state index >= 15 is 0 Å². The molecule has 1 heterocycles. The summed E-state index contributed by atoms with van der Waals surface area (Å²) in [4.78, 5) is 4.50. The van der Waals surface area contributed by atoms with Crippen LogP contribution in [0.1, 0.15) is 29.5 Å². The summed E-state index contributed by atoms with van der Waals surface area (Å²) >= 11 is 1.62. The smallest absolute Gasteiger partial charge is 0.242 e. The fourth-order valence-corrected chi connectivity index (χ4v) is 3.61. The molecule has 0 saturated carbocycles. The van der Waals surface area contributed by atoms with E-state index in [9.17, 15) is 8.42 Å². The van der Waals surface area contributed by atoms with Gasteiger partial charge in [0.25, 0.3) is 0 Å². The Hall–Kier alpha value is -1.38. The SMILES string of the molecule is Cc1noc([C@@H](C)SCc2cccc(S(=O)(=O)N(C)C)c2)n1. The second-order valence-electron chi connectivity index (χ2n) is 5.07. The van der Waals surface area contributed by atoms with Crippen LogP contribution in [0, 0.1) is 6.92 Å². The first kappa shape index (κ1) is 17.0. The van der Waals surface area contributed by atoms with Gasteiger partial charge in [0.2, 0.25) is 15.9 Å². The third kappa shape index (κ3) is 3.88. The first-order chi connectivity index (χ1) is 10.3. The van der Waals surface area contributed by atoms with Crippen molar-refractivity contribution in [3.8, 4) is 0 Å². The molecule has 0 aliphatic carbocycles. The summed E-state index contributed by atoms with van der Waals surface area (Å²) < 4.78 is 30.6. The molecule has 0 saturated heterocycles. The van der Waals surface area contributed by atoms with Gasteiger partial charge in [-0.1, -0.05) is 17.3 Å². The molecule has 8 heteroatoms. The molecule has 0 amide bonds. The number of hydrogen-bond donors (Lipinski definition) is 0. The maximum atomic E-state index is 12.1. The lowest BCUT2D eigenvalue weighted by molar-refractivity contribution is 0.376. The molecule has 1 atom stereocenters. The van der Waals surface area contributed by atoms with E-state index in [1.165, 1.54) is 18.4 Å². The molecule has 0 unspecified atom stereocenters. The number of benzene rings is 1. The minimum absolute atomic E-state index is 0.0512. The van der Waals surface area contributed by atoms with Crippen molar-refractivity contribution in [3.05, 3.63) is 41.5 Å². The van der Waals surface area contributed by atoms with Crippen LogP contribution in [0.2, 0.25) is 0 Å². The fourth-order valence-electron chi connectivity index (χ4n) is 1.78. The van der Waals surface area contributed by atoms with Crippen LogP contribution in [0.4, 0.5) is 0 Å². The topological polar surface area (TPSA) is 76.3 Å². The van der Waals surface area contributed by atoms with Gasteiger partial charge in [-0.25, -0.2) is 12.7 Å².